The lowest BCUT2D eigenvalue weighted by Gasteiger charge is -2.30. The second kappa shape index (κ2) is 5.15. The maximum absolute atomic E-state index is 8.54. The molecule has 0 aromatic heterocycles. The Hall–Kier alpha value is -0.603. The third kappa shape index (κ3) is 2.95. The lowest BCUT2D eigenvalue weighted by molar-refractivity contribution is 0.0278. The summed E-state index contributed by atoms with van der Waals surface area (Å²) in [7, 11) is -1.73. The van der Waals surface area contributed by atoms with Gasteiger partial charge in [-0.25, -0.2) is 0 Å². The van der Waals surface area contributed by atoms with Crippen LogP contribution in [0, 0.1) is 0 Å². The van der Waals surface area contributed by atoms with Gasteiger partial charge in [-0.05, 0) is 25.3 Å². The van der Waals surface area contributed by atoms with Gasteiger partial charge in [-0.1, -0.05) is 48.6 Å². The van der Waals surface area contributed by atoms with Gasteiger partial charge in [0, 0.05) is 7.98 Å². The predicted molar refractivity (Wildman–Crippen MR) is 72.0 cm³/mol. The maximum atomic E-state index is 8.54. The molecule has 0 amide bonds. The highest BCUT2D eigenvalue weighted by atomic mass is 28.3. The van der Waals surface area contributed by atoms with Gasteiger partial charge in [0.2, 0.25) is 0 Å². The standard InChI is InChI=1S/C14H22OSi/c1-16(2,14-9-4-3-5-10-14)12-13-8-6-7-11-15-13/h3-5,9-10,13H,6-8,11-12H2,1-2H3/t13-/m1/s1/i12D/t12-,13+/m0. The topological polar surface area (TPSA) is 9.23 Å². The zero-order valence-corrected chi connectivity index (χ0v) is 11.3. The van der Waals surface area contributed by atoms with E-state index in [9.17, 15) is 0 Å². The van der Waals surface area contributed by atoms with Gasteiger partial charge in [0.1, 0.15) is 0 Å². The molecular formula is C14H22OSi. The molecule has 1 nitrogen and oxygen atoms in total. The summed E-state index contributed by atoms with van der Waals surface area (Å²) in [6.07, 6.45) is 3.61. The molecule has 0 unspecified atom stereocenters. The molecule has 88 valence electrons. The smallest absolute Gasteiger partial charge is 0.0831 e. The third-order valence-electron chi connectivity index (χ3n) is 3.34. The first-order valence-corrected chi connectivity index (χ1v) is 9.29. The molecule has 1 fully saturated rings. The third-order valence-corrected chi connectivity index (χ3v) is 6.36. The van der Waals surface area contributed by atoms with E-state index in [4.69, 9.17) is 6.11 Å². The first kappa shape index (κ1) is 10.5. The van der Waals surface area contributed by atoms with Crippen molar-refractivity contribution in [3.63, 3.8) is 0 Å². The number of ether oxygens (including phenoxy) is 1. The molecule has 0 spiro atoms. The van der Waals surface area contributed by atoms with Gasteiger partial charge < -0.3 is 4.74 Å². The van der Waals surface area contributed by atoms with Crippen molar-refractivity contribution in [2.45, 2.75) is 44.5 Å². The lowest BCUT2D eigenvalue weighted by Crippen LogP contribution is -2.44. The average Bonchev–Trinajstić information content (AvgIpc) is 2.40. The van der Waals surface area contributed by atoms with Crippen molar-refractivity contribution in [3.8, 4) is 0 Å². The molecule has 1 heterocycles. The Morgan fingerprint density at radius 3 is 2.69 bits per heavy atom. The summed E-state index contributed by atoms with van der Waals surface area (Å²) in [5, 5.41) is 1.37. The molecule has 1 aliphatic rings. The zero-order chi connectivity index (χ0) is 12.3. The Kier molecular flexibility index (Phi) is 3.39. The molecule has 0 radical (unpaired) electrons. The summed E-state index contributed by atoms with van der Waals surface area (Å²) < 4.78 is 14.3. The van der Waals surface area contributed by atoms with Crippen LogP contribution < -0.4 is 5.19 Å². The van der Waals surface area contributed by atoms with Crippen LogP contribution in [-0.2, 0) is 4.74 Å². The van der Waals surface area contributed by atoms with Crippen LogP contribution >= 0.6 is 0 Å². The minimum atomic E-state index is -1.73. The van der Waals surface area contributed by atoms with E-state index in [1.165, 1.54) is 11.6 Å². The lowest BCUT2D eigenvalue weighted by atomic mass is 10.1. The summed E-state index contributed by atoms with van der Waals surface area (Å²) in [6, 6.07) is 10.5. The van der Waals surface area contributed by atoms with Crippen LogP contribution in [0.25, 0.3) is 0 Å². The number of benzene rings is 1. The van der Waals surface area contributed by atoms with Crippen molar-refractivity contribution in [3.05, 3.63) is 30.3 Å². The van der Waals surface area contributed by atoms with Crippen molar-refractivity contribution >= 4 is 13.3 Å². The normalized spacial score (nSPS) is 24.9. The van der Waals surface area contributed by atoms with Crippen molar-refractivity contribution < 1.29 is 6.11 Å². The van der Waals surface area contributed by atoms with E-state index in [-0.39, 0.29) is 12.1 Å². The summed E-state index contributed by atoms with van der Waals surface area (Å²) in [6.45, 7) is 5.43. The second-order valence-corrected chi connectivity index (χ2v) is 9.51. The van der Waals surface area contributed by atoms with E-state index in [0.29, 0.717) is 0 Å². The van der Waals surface area contributed by atoms with E-state index in [1.807, 2.05) is 6.07 Å². The average molecular weight is 235 g/mol. The van der Waals surface area contributed by atoms with Crippen LogP contribution in [0.2, 0.25) is 19.1 Å². The second-order valence-electron chi connectivity index (χ2n) is 5.16. The highest BCUT2D eigenvalue weighted by Gasteiger charge is 2.28. The molecule has 0 saturated carbocycles. The summed E-state index contributed by atoms with van der Waals surface area (Å²) in [5.41, 5.74) is 0. The Balaban J connectivity index is 2.14. The fraction of sp³-hybridized carbons (Fsp3) is 0.571. The van der Waals surface area contributed by atoms with Gasteiger partial charge in [0.25, 0.3) is 0 Å². The van der Waals surface area contributed by atoms with E-state index in [0.717, 1.165) is 19.4 Å². The predicted octanol–water partition coefficient (Wildman–Crippen LogP) is 3.17. The fourth-order valence-corrected chi connectivity index (χ4v) is 4.76. The van der Waals surface area contributed by atoms with Crippen molar-refractivity contribution in [2.24, 2.45) is 0 Å². The Bertz CT molecular complexity index is 346. The molecule has 0 aliphatic carbocycles. The highest BCUT2D eigenvalue weighted by Crippen LogP contribution is 2.22. The fourth-order valence-electron chi connectivity index (χ4n) is 2.33. The first-order chi connectivity index (χ1) is 8.12. The zero-order valence-electron chi connectivity index (χ0n) is 11.3. The van der Waals surface area contributed by atoms with Gasteiger partial charge in [0.05, 0.1) is 14.2 Å². The van der Waals surface area contributed by atoms with Crippen LogP contribution in [0.4, 0.5) is 0 Å². The van der Waals surface area contributed by atoms with Gasteiger partial charge >= 0.3 is 0 Å². The molecule has 1 saturated heterocycles. The van der Waals surface area contributed by atoms with Crippen LogP contribution in [0.1, 0.15) is 20.6 Å². The maximum Gasteiger partial charge on any atom is 0.0831 e. The SMILES string of the molecule is [2H][C@@H]([C@H]1CCCCO1)[Si](C)(C)c1ccccc1. The molecule has 0 bridgehead atoms. The molecule has 1 aromatic carbocycles. The van der Waals surface area contributed by atoms with Crippen molar-refractivity contribution in [1.29, 1.82) is 0 Å². The summed E-state index contributed by atoms with van der Waals surface area (Å²) in [5.74, 6) is 0. The highest BCUT2D eigenvalue weighted by molar-refractivity contribution is 6.89. The van der Waals surface area contributed by atoms with Crippen molar-refractivity contribution in [2.75, 3.05) is 6.61 Å². The van der Waals surface area contributed by atoms with E-state index in [1.54, 1.807) is 0 Å². The molecule has 1 aliphatic heterocycles. The first-order valence-electron chi connectivity index (χ1n) is 6.79. The Morgan fingerprint density at radius 1 is 1.31 bits per heavy atom. The summed E-state index contributed by atoms with van der Waals surface area (Å²) >= 11 is 0. The number of rotatable bonds is 3. The molecule has 2 atom stereocenters. The quantitative estimate of drug-likeness (QED) is 0.731. The molecule has 2 rings (SSSR count). The van der Waals surface area contributed by atoms with Crippen LogP contribution in [-0.4, -0.2) is 20.8 Å². The molecule has 16 heavy (non-hydrogen) atoms. The number of hydrogen-bond acceptors (Lipinski definition) is 1. The molecule has 1 aromatic rings. The Morgan fingerprint density at radius 2 is 2.06 bits per heavy atom. The minimum absolute atomic E-state index is 0.0507. The minimum Gasteiger partial charge on any atom is -0.379 e. The van der Waals surface area contributed by atoms with E-state index >= 15 is 0 Å². The monoisotopic (exact) mass is 235 g/mol. The van der Waals surface area contributed by atoms with Crippen molar-refractivity contribution in [1.82, 2.24) is 0 Å². The van der Waals surface area contributed by atoms with Gasteiger partial charge in [-0.15, -0.1) is 0 Å². The van der Waals surface area contributed by atoms with Gasteiger partial charge in [0.15, 0.2) is 0 Å². The summed E-state index contributed by atoms with van der Waals surface area (Å²) in [4.78, 5) is 0. The van der Waals surface area contributed by atoms with Gasteiger partial charge in [-0.2, -0.15) is 0 Å². The largest absolute Gasteiger partial charge is 0.379 e. The molecule has 2 heteroatoms. The van der Waals surface area contributed by atoms with Crippen LogP contribution in [0.3, 0.4) is 0 Å². The van der Waals surface area contributed by atoms with Gasteiger partial charge in [-0.3, -0.25) is 0 Å². The molecule has 0 N–H and O–H groups in total. The van der Waals surface area contributed by atoms with Crippen LogP contribution in [0.5, 0.6) is 0 Å². The molecular weight excluding hydrogens is 212 g/mol. The number of hydrogen-bond donors (Lipinski definition) is 0. The Labute approximate surface area is 101 Å². The van der Waals surface area contributed by atoms with E-state index < -0.39 is 8.07 Å². The van der Waals surface area contributed by atoms with E-state index in [2.05, 4.69) is 37.4 Å². The van der Waals surface area contributed by atoms with Crippen LogP contribution in [0.15, 0.2) is 30.3 Å².